The SMILES string of the molecule is O=CC1CCN(CC(=O)N2CCOCC2)CC1. The lowest BCUT2D eigenvalue weighted by molar-refractivity contribution is -0.136. The highest BCUT2D eigenvalue weighted by Gasteiger charge is 2.23. The minimum Gasteiger partial charge on any atom is -0.378 e. The number of likely N-dealkylation sites (tertiary alicyclic amines) is 1. The number of hydrogen-bond donors (Lipinski definition) is 0. The van der Waals surface area contributed by atoms with E-state index >= 15 is 0 Å². The summed E-state index contributed by atoms with van der Waals surface area (Å²) in [6, 6.07) is 0. The Hall–Kier alpha value is -0.940. The summed E-state index contributed by atoms with van der Waals surface area (Å²) in [7, 11) is 0. The molecule has 1 amide bonds. The van der Waals surface area contributed by atoms with Crippen LogP contribution in [-0.2, 0) is 14.3 Å². The molecule has 2 rings (SSSR count). The Labute approximate surface area is 102 Å². The van der Waals surface area contributed by atoms with Gasteiger partial charge in [-0.15, -0.1) is 0 Å². The highest BCUT2D eigenvalue weighted by atomic mass is 16.5. The van der Waals surface area contributed by atoms with Gasteiger partial charge in [0.15, 0.2) is 0 Å². The lowest BCUT2D eigenvalue weighted by Gasteiger charge is -2.32. The van der Waals surface area contributed by atoms with Gasteiger partial charge in [-0.1, -0.05) is 0 Å². The van der Waals surface area contributed by atoms with Gasteiger partial charge < -0.3 is 14.4 Å². The monoisotopic (exact) mass is 240 g/mol. The third kappa shape index (κ3) is 3.51. The number of rotatable bonds is 3. The fourth-order valence-corrected chi connectivity index (χ4v) is 2.35. The van der Waals surface area contributed by atoms with Crippen molar-refractivity contribution in [1.82, 2.24) is 9.80 Å². The summed E-state index contributed by atoms with van der Waals surface area (Å²) in [6.07, 6.45) is 2.82. The maximum absolute atomic E-state index is 12.0. The van der Waals surface area contributed by atoms with Crippen LogP contribution in [0.25, 0.3) is 0 Å². The van der Waals surface area contributed by atoms with Gasteiger partial charge in [-0.25, -0.2) is 0 Å². The normalized spacial score (nSPS) is 23.6. The Balaban J connectivity index is 1.73. The van der Waals surface area contributed by atoms with E-state index in [1.54, 1.807) is 0 Å². The van der Waals surface area contributed by atoms with Gasteiger partial charge in [0.1, 0.15) is 6.29 Å². The number of carbonyl (C=O) groups excluding carboxylic acids is 2. The van der Waals surface area contributed by atoms with E-state index in [-0.39, 0.29) is 11.8 Å². The zero-order chi connectivity index (χ0) is 12.1. The van der Waals surface area contributed by atoms with Crippen molar-refractivity contribution in [3.8, 4) is 0 Å². The number of hydrogen-bond acceptors (Lipinski definition) is 4. The fraction of sp³-hybridized carbons (Fsp3) is 0.833. The topological polar surface area (TPSA) is 49.9 Å². The van der Waals surface area contributed by atoms with Crippen LogP contribution < -0.4 is 0 Å². The lowest BCUT2D eigenvalue weighted by Crippen LogP contribution is -2.47. The zero-order valence-corrected chi connectivity index (χ0v) is 10.1. The molecule has 0 atom stereocenters. The number of amides is 1. The predicted molar refractivity (Wildman–Crippen MR) is 62.6 cm³/mol. The molecule has 5 heteroatoms. The molecule has 2 aliphatic rings. The van der Waals surface area contributed by atoms with Gasteiger partial charge in [0, 0.05) is 19.0 Å². The molecule has 96 valence electrons. The summed E-state index contributed by atoms with van der Waals surface area (Å²) in [6.45, 7) is 4.94. The molecule has 0 radical (unpaired) electrons. The van der Waals surface area contributed by atoms with Crippen LogP contribution in [0.2, 0.25) is 0 Å². The van der Waals surface area contributed by atoms with Gasteiger partial charge in [0.25, 0.3) is 0 Å². The van der Waals surface area contributed by atoms with Crippen LogP contribution in [0.4, 0.5) is 0 Å². The van der Waals surface area contributed by atoms with Crippen molar-refractivity contribution in [2.75, 3.05) is 45.9 Å². The van der Waals surface area contributed by atoms with Crippen molar-refractivity contribution < 1.29 is 14.3 Å². The van der Waals surface area contributed by atoms with Crippen molar-refractivity contribution in [3.05, 3.63) is 0 Å². The van der Waals surface area contributed by atoms with Crippen molar-refractivity contribution in [1.29, 1.82) is 0 Å². The van der Waals surface area contributed by atoms with E-state index in [0.717, 1.165) is 32.2 Å². The van der Waals surface area contributed by atoms with E-state index in [9.17, 15) is 9.59 Å². The number of ether oxygens (including phenoxy) is 1. The van der Waals surface area contributed by atoms with Crippen LogP contribution in [0.3, 0.4) is 0 Å². The summed E-state index contributed by atoms with van der Waals surface area (Å²) >= 11 is 0. The second-order valence-corrected chi connectivity index (χ2v) is 4.74. The molecule has 0 aromatic carbocycles. The summed E-state index contributed by atoms with van der Waals surface area (Å²) in [5, 5.41) is 0. The smallest absolute Gasteiger partial charge is 0.236 e. The van der Waals surface area contributed by atoms with E-state index in [4.69, 9.17) is 4.74 Å². The van der Waals surface area contributed by atoms with Crippen molar-refractivity contribution in [3.63, 3.8) is 0 Å². The minimum absolute atomic E-state index is 0.192. The standard InChI is InChI=1S/C12H20N2O3/c15-10-11-1-3-13(4-2-11)9-12(16)14-5-7-17-8-6-14/h10-11H,1-9H2. The average molecular weight is 240 g/mol. The number of nitrogens with zero attached hydrogens (tertiary/aromatic N) is 2. The quantitative estimate of drug-likeness (QED) is 0.639. The largest absolute Gasteiger partial charge is 0.378 e. The van der Waals surface area contributed by atoms with E-state index in [1.807, 2.05) is 4.90 Å². The molecule has 2 heterocycles. The highest BCUT2D eigenvalue weighted by molar-refractivity contribution is 5.78. The molecule has 2 aliphatic heterocycles. The summed E-state index contributed by atoms with van der Waals surface area (Å²) in [5.74, 6) is 0.391. The molecule has 2 saturated heterocycles. The van der Waals surface area contributed by atoms with Crippen LogP contribution in [0.5, 0.6) is 0 Å². The van der Waals surface area contributed by atoms with Crippen molar-refractivity contribution in [2.24, 2.45) is 5.92 Å². The van der Waals surface area contributed by atoms with Gasteiger partial charge in [-0.3, -0.25) is 9.69 Å². The van der Waals surface area contributed by atoms with E-state index < -0.39 is 0 Å². The Kier molecular flexibility index (Phi) is 4.50. The fourth-order valence-electron chi connectivity index (χ4n) is 2.35. The number of piperidine rings is 1. The number of morpholine rings is 1. The molecule has 2 fully saturated rings. The van der Waals surface area contributed by atoms with E-state index in [2.05, 4.69) is 4.90 Å². The Morgan fingerprint density at radius 1 is 1.18 bits per heavy atom. The van der Waals surface area contributed by atoms with E-state index in [0.29, 0.717) is 32.8 Å². The molecule has 0 aliphatic carbocycles. The first-order chi connectivity index (χ1) is 8.29. The first-order valence-corrected chi connectivity index (χ1v) is 6.33. The van der Waals surface area contributed by atoms with Gasteiger partial charge in [0.05, 0.1) is 19.8 Å². The molecular formula is C12H20N2O3. The molecule has 0 bridgehead atoms. The Morgan fingerprint density at radius 3 is 2.41 bits per heavy atom. The van der Waals surface area contributed by atoms with E-state index in [1.165, 1.54) is 0 Å². The molecule has 0 saturated carbocycles. The summed E-state index contributed by atoms with van der Waals surface area (Å²) in [4.78, 5) is 26.6. The van der Waals surface area contributed by atoms with Crippen LogP contribution in [-0.4, -0.2) is 67.9 Å². The Bertz CT molecular complexity index is 269. The maximum Gasteiger partial charge on any atom is 0.236 e. The van der Waals surface area contributed by atoms with Gasteiger partial charge in [0.2, 0.25) is 5.91 Å². The molecule has 5 nitrogen and oxygen atoms in total. The summed E-state index contributed by atoms with van der Waals surface area (Å²) in [5.41, 5.74) is 0. The van der Waals surface area contributed by atoms with Gasteiger partial charge in [-0.05, 0) is 25.9 Å². The molecule has 0 aromatic rings. The maximum atomic E-state index is 12.0. The minimum atomic E-state index is 0.192. The average Bonchev–Trinajstić information content (AvgIpc) is 2.40. The van der Waals surface area contributed by atoms with Gasteiger partial charge >= 0.3 is 0 Å². The van der Waals surface area contributed by atoms with Crippen LogP contribution in [0.1, 0.15) is 12.8 Å². The third-order valence-corrected chi connectivity index (χ3v) is 3.55. The van der Waals surface area contributed by atoms with Crippen LogP contribution in [0, 0.1) is 5.92 Å². The highest BCUT2D eigenvalue weighted by Crippen LogP contribution is 2.14. The summed E-state index contributed by atoms with van der Waals surface area (Å²) < 4.78 is 5.22. The zero-order valence-electron chi connectivity index (χ0n) is 10.1. The molecular weight excluding hydrogens is 220 g/mol. The predicted octanol–water partition coefficient (Wildman–Crippen LogP) is -0.244. The van der Waals surface area contributed by atoms with Crippen LogP contribution in [0.15, 0.2) is 0 Å². The lowest BCUT2D eigenvalue weighted by atomic mass is 9.99. The van der Waals surface area contributed by atoms with Crippen molar-refractivity contribution >= 4 is 12.2 Å². The molecule has 17 heavy (non-hydrogen) atoms. The molecule has 0 N–H and O–H groups in total. The first kappa shape index (κ1) is 12.5. The second kappa shape index (κ2) is 6.12. The molecule has 0 unspecified atom stereocenters. The van der Waals surface area contributed by atoms with Crippen molar-refractivity contribution in [2.45, 2.75) is 12.8 Å². The number of aldehydes is 1. The molecule has 0 aromatic heterocycles. The first-order valence-electron chi connectivity index (χ1n) is 6.33. The number of carbonyl (C=O) groups is 2. The Morgan fingerprint density at radius 2 is 1.82 bits per heavy atom. The second-order valence-electron chi connectivity index (χ2n) is 4.74. The van der Waals surface area contributed by atoms with Crippen LogP contribution >= 0.6 is 0 Å². The molecule has 0 spiro atoms. The van der Waals surface area contributed by atoms with Gasteiger partial charge in [-0.2, -0.15) is 0 Å². The third-order valence-electron chi connectivity index (χ3n) is 3.55.